The van der Waals surface area contributed by atoms with Gasteiger partial charge in [-0.1, -0.05) is 0 Å². The summed E-state index contributed by atoms with van der Waals surface area (Å²) in [6.07, 6.45) is 0.892. The number of amidine groups is 1. The van der Waals surface area contributed by atoms with Crippen molar-refractivity contribution in [1.29, 1.82) is 0 Å². The fraction of sp³-hybridized carbons (Fsp3) is 0.800. The first-order valence-corrected chi connectivity index (χ1v) is 5.34. The summed E-state index contributed by atoms with van der Waals surface area (Å²) >= 11 is 0. The molecule has 2 rings (SSSR count). The van der Waals surface area contributed by atoms with Crippen LogP contribution in [0.2, 0.25) is 0 Å². The van der Waals surface area contributed by atoms with Crippen molar-refractivity contribution in [2.45, 2.75) is 31.8 Å². The zero-order valence-corrected chi connectivity index (χ0v) is 9.53. The number of hydrogen-bond acceptors (Lipinski definition) is 3. The number of hydrogen-bond donors (Lipinski definition) is 1. The highest BCUT2D eigenvalue weighted by Crippen LogP contribution is 2.32. The van der Waals surface area contributed by atoms with Crippen LogP contribution in [0.15, 0.2) is 4.99 Å². The molecule has 0 radical (unpaired) electrons. The molecule has 0 aromatic rings. The van der Waals surface area contributed by atoms with Crippen molar-refractivity contribution in [1.82, 2.24) is 9.80 Å². The van der Waals surface area contributed by atoms with Crippen molar-refractivity contribution in [3.05, 3.63) is 0 Å². The SMILES string of the molecule is CC(C)N1CCC2(C1)C(N)=NC(=O)N2C. The molecule has 5 heteroatoms. The maximum Gasteiger partial charge on any atom is 0.345 e. The number of nitrogens with zero attached hydrogens (tertiary/aromatic N) is 3. The lowest BCUT2D eigenvalue weighted by molar-refractivity contribution is 0.183. The van der Waals surface area contributed by atoms with Crippen molar-refractivity contribution in [2.75, 3.05) is 20.1 Å². The molecule has 2 aliphatic heterocycles. The second kappa shape index (κ2) is 3.20. The normalized spacial score (nSPS) is 32.1. The molecule has 0 aromatic carbocycles. The van der Waals surface area contributed by atoms with Gasteiger partial charge in [0.1, 0.15) is 11.4 Å². The van der Waals surface area contributed by atoms with Crippen LogP contribution in [0, 0.1) is 0 Å². The van der Waals surface area contributed by atoms with E-state index in [4.69, 9.17) is 5.73 Å². The van der Waals surface area contributed by atoms with Crippen molar-refractivity contribution in [3.63, 3.8) is 0 Å². The fourth-order valence-electron chi connectivity index (χ4n) is 2.38. The molecule has 84 valence electrons. The molecular weight excluding hydrogens is 192 g/mol. The van der Waals surface area contributed by atoms with Gasteiger partial charge in [-0.15, -0.1) is 0 Å². The Labute approximate surface area is 89.9 Å². The molecule has 2 N–H and O–H groups in total. The number of carbonyl (C=O) groups is 1. The highest BCUT2D eigenvalue weighted by atomic mass is 16.2. The second-order valence-electron chi connectivity index (χ2n) is 4.68. The molecule has 0 saturated carbocycles. The Balaban J connectivity index is 2.23. The van der Waals surface area contributed by atoms with E-state index >= 15 is 0 Å². The molecule has 2 heterocycles. The predicted molar refractivity (Wildman–Crippen MR) is 58.8 cm³/mol. The maximum absolute atomic E-state index is 11.5. The highest BCUT2D eigenvalue weighted by Gasteiger charge is 2.51. The van der Waals surface area contributed by atoms with Crippen molar-refractivity contribution in [2.24, 2.45) is 10.7 Å². The minimum absolute atomic E-state index is 0.210. The highest BCUT2D eigenvalue weighted by molar-refractivity contribution is 6.06. The molecule has 2 aliphatic rings. The molecule has 1 atom stereocenters. The van der Waals surface area contributed by atoms with E-state index in [-0.39, 0.29) is 11.6 Å². The summed E-state index contributed by atoms with van der Waals surface area (Å²) in [6.45, 7) is 6.10. The quantitative estimate of drug-likeness (QED) is 0.675. The van der Waals surface area contributed by atoms with Crippen molar-refractivity contribution in [3.8, 4) is 0 Å². The third kappa shape index (κ3) is 1.33. The average molecular weight is 210 g/mol. The Morgan fingerprint density at radius 2 is 2.20 bits per heavy atom. The Morgan fingerprint density at radius 1 is 1.53 bits per heavy atom. The molecule has 1 spiro atoms. The Hall–Kier alpha value is -1.10. The lowest BCUT2D eigenvalue weighted by atomic mass is 9.97. The molecule has 15 heavy (non-hydrogen) atoms. The lowest BCUT2D eigenvalue weighted by Gasteiger charge is -2.32. The van der Waals surface area contributed by atoms with Crippen LogP contribution in [0.1, 0.15) is 20.3 Å². The van der Waals surface area contributed by atoms with Crippen LogP contribution in [0.4, 0.5) is 4.79 Å². The molecule has 0 aliphatic carbocycles. The Kier molecular flexibility index (Phi) is 2.22. The summed E-state index contributed by atoms with van der Waals surface area (Å²) in [5, 5.41) is 0. The Bertz CT molecular complexity index is 325. The minimum Gasteiger partial charge on any atom is -0.385 e. The van der Waals surface area contributed by atoms with E-state index < -0.39 is 0 Å². The first kappa shape index (κ1) is 10.4. The van der Waals surface area contributed by atoms with E-state index in [1.807, 2.05) is 0 Å². The van der Waals surface area contributed by atoms with Crippen LogP contribution in [0.5, 0.6) is 0 Å². The van der Waals surface area contributed by atoms with Gasteiger partial charge in [0.15, 0.2) is 0 Å². The van der Waals surface area contributed by atoms with Gasteiger partial charge in [0, 0.05) is 26.2 Å². The molecular formula is C10H18N4O. The summed E-state index contributed by atoms with van der Waals surface area (Å²) in [5.41, 5.74) is 5.55. The van der Waals surface area contributed by atoms with Crippen LogP contribution in [-0.4, -0.2) is 53.4 Å². The van der Waals surface area contributed by atoms with Gasteiger partial charge in [-0.05, 0) is 20.3 Å². The topological polar surface area (TPSA) is 61.9 Å². The lowest BCUT2D eigenvalue weighted by Crippen LogP contribution is -2.54. The number of likely N-dealkylation sites (N-methyl/N-ethyl adjacent to an activating group) is 1. The van der Waals surface area contributed by atoms with E-state index in [9.17, 15) is 4.79 Å². The minimum atomic E-state index is -0.332. The smallest absolute Gasteiger partial charge is 0.345 e. The largest absolute Gasteiger partial charge is 0.385 e. The van der Waals surface area contributed by atoms with E-state index in [2.05, 4.69) is 23.7 Å². The summed E-state index contributed by atoms with van der Waals surface area (Å²) in [6, 6.07) is 0.277. The maximum atomic E-state index is 11.5. The molecule has 0 bridgehead atoms. The third-order valence-electron chi connectivity index (χ3n) is 3.63. The van der Waals surface area contributed by atoms with E-state index in [0.29, 0.717) is 11.9 Å². The summed E-state index contributed by atoms with van der Waals surface area (Å²) in [7, 11) is 1.79. The zero-order chi connectivity index (χ0) is 11.2. The van der Waals surface area contributed by atoms with Gasteiger partial charge in [-0.25, -0.2) is 4.79 Å². The molecule has 0 aromatic heterocycles. The van der Waals surface area contributed by atoms with E-state index in [1.54, 1.807) is 11.9 Å². The van der Waals surface area contributed by atoms with Crippen LogP contribution >= 0.6 is 0 Å². The van der Waals surface area contributed by atoms with Gasteiger partial charge in [0.25, 0.3) is 0 Å². The predicted octanol–water partition coefficient (Wildman–Crippen LogP) is 0.262. The number of urea groups is 1. The number of rotatable bonds is 1. The van der Waals surface area contributed by atoms with Gasteiger partial charge in [0.2, 0.25) is 0 Å². The standard InChI is InChI=1S/C10H18N4O/c1-7(2)14-5-4-10(6-14)8(11)12-9(15)13(10)3/h7H,4-6H2,1-3H3,(H2,11,12,15). The molecule has 1 fully saturated rings. The van der Waals surface area contributed by atoms with Gasteiger partial charge in [-0.3, -0.25) is 4.90 Å². The number of likely N-dealkylation sites (tertiary alicyclic amines) is 1. The van der Waals surface area contributed by atoms with Gasteiger partial charge in [0.05, 0.1) is 0 Å². The van der Waals surface area contributed by atoms with E-state index in [1.165, 1.54) is 0 Å². The molecule has 5 nitrogen and oxygen atoms in total. The average Bonchev–Trinajstić information content (AvgIpc) is 2.68. The van der Waals surface area contributed by atoms with Gasteiger partial charge < -0.3 is 10.6 Å². The number of amides is 2. The first-order valence-electron chi connectivity index (χ1n) is 5.34. The second-order valence-corrected chi connectivity index (χ2v) is 4.68. The summed E-state index contributed by atoms with van der Waals surface area (Å²) in [5.74, 6) is 0.484. The number of aliphatic imine (C=N–C) groups is 1. The molecule has 2 amide bonds. The Morgan fingerprint density at radius 3 is 2.60 bits per heavy atom. The monoisotopic (exact) mass is 210 g/mol. The number of nitrogens with two attached hydrogens (primary N) is 1. The van der Waals surface area contributed by atoms with Crippen LogP contribution in [-0.2, 0) is 0 Å². The zero-order valence-electron chi connectivity index (χ0n) is 9.53. The summed E-state index contributed by atoms with van der Waals surface area (Å²) in [4.78, 5) is 19.3. The molecule has 1 saturated heterocycles. The van der Waals surface area contributed by atoms with Crippen molar-refractivity contribution < 1.29 is 4.79 Å². The van der Waals surface area contributed by atoms with Gasteiger partial charge >= 0.3 is 6.03 Å². The first-order chi connectivity index (χ1) is 6.97. The van der Waals surface area contributed by atoms with Crippen LogP contribution < -0.4 is 5.73 Å². The van der Waals surface area contributed by atoms with Crippen molar-refractivity contribution >= 4 is 11.9 Å². The third-order valence-corrected chi connectivity index (χ3v) is 3.63. The van der Waals surface area contributed by atoms with E-state index in [0.717, 1.165) is 19.5 Å². The van der Waals surface area contributed by atoms with Gasteiger partial charge in [-0.2, -0.15) is 4.99 Å². The molecule has 1 unspecified atom stereocenters. The van der Waals surface area contributed by atoms with Crippen LogP contribution in [0.25, 0.3) is 0 Å². The van der Waals surface area contributed by atoms with Crippen LogP contribution in [0.3, 0.4) is 0 Å². The number of carbonyl (C=O) groups excluding carboxylic acids is 1. The summed E-state index contributed by atoms with van der Waals surface area (Å²) < 4.78 is 0. The fourth-order valence-corrected chi connectivity index (χ4v) is 2.38.